The molecule has 1 heterocycles. The predicted molar refractivity (Wildman–Crippen MR) is 56.9 cm³/mol. The molecule has 2 atom stereocenters. The quantitative estimate of drug-likeness (QED) is 0.569. The Labute approximate surface area is 95.7 Å². The van der Waals surface area contributed by atoms with E-state index in [0.29, 0.717) is 11.9 Å². The van der Waals surface area contributed by atoms with Crippen LogP contribution in [0.5, 0.6) is 0 Å². The number of hydrogen-bond donors (Lipinski definition) is 0. The third kappa shape index (κ3) is 1.77. The Hall–Kier alpha value is -0.940. The smallest absolute Gasteiger partial charge is 0.261 e. The molecular weight excluding hydrogens is 262 g/mol. The van der Waals surface area contributed by atoms with Gasteiger partial charge in [0.2, 0.25) is 0 Å². The Morgan fingerprint density at radius 1 is 1.20 bits per heavy atom. The van der Waals surface area contributed by atoms with E-state index in [9.17, 15) is 9.59 Å². The summed E-state index contributed by atoms with van der Waals surface area (Å²) in [7, 11) is 0. The summed E-state index contributed by atoms with van der Waals surface area (Å²) in [6.45, 7) is 0.310. The maximum Gasteiger partial charge on any atom is 0.261 e. The van der Waals surface area contributed by atoms with Gasteiger partial charge in [-0.15, -0.1) is 0 Å². The van der Waals surface area contributed by atoms with Gasteiger partial charge in [-0.25, -0.2) is 0 Å². The van der Waals surface area contributed by atoms with Crippen molar-refractivity contribution in [2.75, 3.05) is 11.9 Å². The minimum atomic E-state index is -0.377. The number of carbonyl (C=O) groups is 2. The molecule has 0 N–H and O–H groups in total. The number of fused-ring (bicyclic) bond motifs is 1. The van der Waals surface area contributed by atoms with Crippen molar-refractivity contribution < 1.29 is 14.4 Å². The van der Waals surface area contributed by atoms with Gasteiger partial charge < -0.3 is 0 Å². The molecule has 1 aliphatic carbocycles. The number of nitrogens with zero attached hydrogens (tertiary/aromatic N) is 1. The number of amides is 2. The molecule has 0 bridgehead atoms. The second-order valence-corrected chi connectivity index (χ2v) is 4.11. The van der Waals surface area contributed by atoms with Gasteiger partial charge in [-0.2, -0.15) is 5.06 Å². The van der Waals surface area contributed by atoms with Crippen LogP contribution in [0.2, 0.25) is 0 Å². The van der Waals surface area contributed by atoms with Crippen LogP contribution in [0.25, 0.3) is 0 Å². The number of hydroxylamine groups is 2. The van der Waals surface area contributed by atoms with E-state index in [1.165, 1.54) is 0 Å². The number of alkyl halides is 1. The first kappa shape index (κ1) is 10.6. The topological polar surface area (TPSA) is 46.6 Å². The minimum Gasteiger partial charge on any atom is -0.271 e. The molecule has 15 heavy (non-hydrogen) atoms. The second kappa shape index (κ2) is 4.28. The van der Waals surface area contributed by atoms with Crippen molar-refractivity contribution in [1.82, 2.24) is 5.06 Å². The molecule has 2 unspecified atom stereocenters. The Kier molecular flexibility index (Phi) is 3.02. The van der Waals surface area contributed by atoms with Crippen molar-refractivity contribution in [2.24, 2.45) is 11.8 Å². The van der Waals surface area contributed by atoms with Crippen LogP contribution in [0.15, 0.2) is 24.3 Å². The molecule has 1 aliphatic heterocycles. The van der Waals surface area contributed by atoms with E-state index in [2.05, 4.69) is 15.9 Å². The number of allylic oxidation sites excluding steroid dienone is 2. The predicted octanol–water partition coefficient (Wildman–Crippen LogP) is 1.04. The summed E-state index contributed by atoms with van der Waals surface area (Å²) in [5.41, 5.74) is 0. The molecule has 1 saturated heterocycles. The lowest BCUT2D eigenvalue weighted by Gasteiger charge is -2.12. The number of rotatable bonds is 3. The van der Waals surface area contributed by atoms with Crippen molar-refractivity contribution in [2.45, 2.75) is 0 Å². The number of halogens is 1. The van der Waals surface area contributed by atoms with Gasteiger partial charge in [0.15, 0.2) is 0 Å². The molecule has 0 aromatic carbocycles. The van der Waals surface area contributed by atoms with Crippen molar-refractivity contribution in [1.29, 1.82) is 0 Å². The lowest BCUT2D eigenvalue weighted by molar-refractivity contribution is -0.187. The van der Waals surface area contributed by atoms with Crippen LogP contribution in [0.3, 0.4) is 0 Å². The van der Waals surface area contributed by atoms with Crippen LogP contribution in [-0.4, -0.2) is 28.8 Å². The maximum atomic E-state index is 11.7. The zero-order valence-electron chi connectivity index (χ0n) is 7.93. The van der Waals surface area contributed by atoms with Gasteiger partial charge in [-0.3, -0.25) is 14.4 Å². The first-order valence-corrected chi connectivity index (χ1v) is 5.79. The summed E-state index contributed by atoms with van der Waals surface area (Å²) < 4.78 is 0. The monoisotopic (exact) mass is 271 g/mol. The Morgan fingerprint density at radius 2 is 1.73 bits per heavy atom. The van der Waals surface area contributed by atoms with Gasteiger partial charge in [0.25, 0.3) is 11.8 Å². The molecule has 2 amide bonds. The third-order valence-electron chi connectivity index (χ3n) is 2.40. The van der Waals surface area contributed by atoms with E-state index in [1.54, 1.807) is 24.3 Å². The van der Waals surface area contributed by atoms with E-state index in [-0.39, 0.29) is 23.7 Å². The highest BCUT2D eigenvalue weighted by Gasteiger charge is 2.46. The maximum absolute atomic E-state index is 11.7. The lowest BCUT2D eigenvalue weighted by atomic mass is 9.91. The summed E-state index contributed by atoms with van der Waals surface area (Å²) in [5.74, 6) is -1.30. The van der Waals surface area contributed by atoms with Gasteiger partial charge in [0.05, 0.1) is 18.4 Å². The molecule has 80 valence electrons. The van der Waals surface area contributed by atoms with Crippen molar-refractivity contribution >= 4 is 27.7 Å². The molecule has 0 aromatic heterocycles. The minimum absolute atomic E-state index is 0.272. The van der Waals surface area contributed by atoms with Crippen LogP contribution < -0.4 is 0 Å². The third-order valence-corrected chi connectivity index (χ3v) is 2.73. The van der Waals surface area contributed by atoms with Crippen molar-refractivity contribution in [3.05, 3.63) is 24.3 Å². The molecule has 0 saturated carbocycles. The van der Waals surface area contributed by atoms with E-state index >= 15 is 0 Å². The van der Waals surface area contributed by atoms with Gasteiger partial charge in [0.1, 0.15) is 0 Å². The Bertz CT molecular complexity index is 321. The summed E-state index contributed by atoms with van der Waals surface area (Å²) >= 11 is 3.17. The van der Waals surface area contributed by atoms with Gasteiger partial charge >= 0.3 is 0 Å². The highest BCUT2D eigenvalue weighted by Crippen LogP contribution is 2.30. The zero-order valence-corrected chi connectivity index (χ0v) is 9.51. The molecule has 5 heteroatoms. The molecule has 1 fully saturated rings. The van der Waals surface area contributed by atoms with Crippen molar-refractivity contribution in [3.63, 3.8) is 0 Å². The highest BCUT2D eigenvalue weighted by molar-refractivity contribution is 9.09. The summed E-state index contributed by atoms with van der Waals surface area (Å²) in [6, 6.07) is 0. The van der Waals surface area contributed by atoms with Crippen LogP contribution >= 0.6 is 15.9 Å². The first-order valence-electron chi connectivity index (χ1n) is 4.67. The molecule has 0 spiro atoms. The molecule has 2 aliphatic rings. The average Bonchev–Trinajstić information content (AvgIpc) is 2.51. The molecule has 2 rings (SSSR count). The van der Waals surface area contributed by atoms with Crippen LogP contribution in [0, 0.1) is 11.8 Å². The standard InChI is InChI=1S/C10H10BrNO3/c11-5-6-15-12-9(13)7-3-1-2-4-8(7)10(12)14/h1-4,7-8H,5-6H2. The highest BCUT2D eigenvalue weighted by atomic mass is 79.9. The van der Waals surface area contributed by atoms with E-state index in [1.807, 2.05) is 0 Å². The fourth-order valence-corrected chi connectivity index (χ4v) is 1.86. The Morgan fingerprint density at radius 3 is 2.20 bits per heavy atom. The number of imide groups is 1. The van der Waals surface area contributed by atoms with E-state index in [4.69, 9.17) is 4.84 Å². The van der Waals surface area contributed by atoms with Crippen molar-refractivity contribution in [3.8, 4) is 0 Å². The van der Waals surface area contributed by atoms with Gasteiger partial charge in [-0.1, -0.05) is 40.2 Å². The Balaban J connectivity index is 2.15. The normalized spacial score (nSPS) is 28.7. The molecule has 0 aromatic rings. The fourth-order valence-electron chi connectivity index (χ4n) is 1.71. The van der Waals surface area contributed by atoms with Gasteiger partial charge in [0, 0.05) is 5.33 Å². The summed E-state index contributed by atoms with van der Waals surface area (Å²) in [4.78, 5) is 28.6. The largest absolute Gasteiger partial charge is 0.271 e. The van der Waals surface area contributed by atoms with Crippen LogP contribution in [-0.2, 0) is 14.4 Å². The van der Waals surface area contributed by atoms with Crippen LogP contribution in [0.4, 0.5) is 0 Å². The second-order valence-electron chi connectivity index (χ2n) is 3.31. The van der Waals surface area contributed by atoms with E-state index in [0.717, 1.165) is 5.06 Å². The molecule has 0 radical (unpaired) electrons. The lowest BCUT2D eigenvalue weighted by Crippen LogP contribution is -2.31. The molecular formula is C10H10BrNO3. The fraction of sp³-hybridized carbons (Fsp3) is 0.400. The van der Waals surface area contributed by atoms with Crippen LogP contribution in [0.1, 0.15) is 0 Å². The number of carbonyl (C=O) groups excluding carboxylic acids is 2. The molecule has 4 nitrogen and oxygen atoms in total. The first-order chi connectivity index (χ1) is 7.25. The zero-order chi connectivity index (χ0) is 10.8. The summed E-state index contributed by atoms with van der Waals surface area (Å²) in [6.07, 6.45) is 7.03. The average molecular weight is 272 g/mol. The van der Waals surface area contributed by atoms with E-state index < -0.39 is 0 Å². The van der Waals surface area contributed by atoms with Gasteiger partial charge in [-0.05, 0) is 0 Å². The summed E-state index contributed by atoms with van der Waals surface area (Å²) in [5, 5.41) is 1.47. The SMILES string of the molecule is O=C1C2C=CC=CC2C(=O)N1OCCBr. The number of hydrogen-bond acceptors (Lipinski definition) is 3.